The first-order chi connectivity index (χ1) is 14.6. The van der Waals surface area contributed by atoms with Crippen LogP contribution in [0.3, 0.4) is 0 Å². The van der Waals surface area contributed by atoms with Gasteiger partial charge in [0.1, 0.15) is 11.4 Å². The minimum atomic E-state index is -0.505. The van der Waals surface area contributed by atoms with E-state index in [1.54, 1.807) is 11.0 Å². The first-order valence-electron chi connectivity index (χ1n) is 10.2. The zero-order valence-corrected chi connectivity index (χ0v) is 18.6. The van der Waals surface area contributed by atoms with Crippen LogP contribution in [0.2, 0.25) is 5.02 Å². The van der Waals surface area contributed by atoms with Crippen LogP contribution in [-0.4, -0.2) is 41.6 Å². The first kappa shape index (κ1) is 22.9. The number of carbonyl (C=O) groups excluding carboxylic acids is 2. The Morgan fingerprint density at radius 2 is 1.77 bits per heavy atom. The number of carbonyl (C=O) groups is 2. The van der Waals surface area contributed by atoms with Gasteiger partial charge in [-0.2, -0.15) is 0 Å². The number of nitrogens with zero attached hydrogens (tertiary/aromatic N) is 1. The summed E-state index contributed by atoms with van der Waals surface area (Å²) in [4.78, 5) is 26.4. The normalized spacial score (nSPS) is 14.8. The first-order valence-corrected chi connectivity index (χ1v) is 10.6. The summed E-state index contributed by atoms with van der Waals surface area (Å²) in [6.07, 6.45) is 1.30. The van der Waals surface area contributed by atoms with Crippen molar-refractivity contribution in [2.75, 3.05) is 23.7 Å². The van der Waals surface area contributed by atoms with Crippen molar-refractivity contribution in [1.29, 1.82) is 0 Å². The molecule has 6 nitrogen and oxygen atoms in total. The number of anilines is 2. The molecule has 1 aliphatic rings. The van der Waals surface area contributed by atoms with Crippen molar-refractivity contribution in [3.63, 3.8) is 0 Å². The molecule has 1 aliphatic heterocycles. The molecule has 8 heteroatoms. The highest BCUT2D eigenvalue weighted by molar-refractivity contribution is 6.34. The van der Waals surface area contributed by atoms with Crippen LogP contribution >= 0.6 is 11.6 Å². The SMILES string of the molecule is CC(C)(C)OC(=O)N1CCC(Nc2cccc(NC(=O)c3ccc(F)cc3Cl)c2)CC1. The van der Waals surface area contributed by atoms with Gasteiger partial charge in [-0.25, -0.2) is 9.18 Å². The predicted octanol–water partition coefficient (Wildman–Crippen LogP) is 5.54. The van der Waals surface area contributed by atoms with Crippen molar-refractivity contribution < 1.29 is 18.7 Å². The number of hydrogen-bond acceptors (Lipinski definition) is 4. The topological polar surface area (TPSA) is 70.7 Å². The van der Waals surface area contributed by atoms with Gasteiger partial charge in [-0.3, -0.25) is 4.79 Å². The van der Waals surface area contributed by atoms with Gasteiger partial charge in [0.2, 0.25) is 0 Å². The maximum Gasteiger partial charge on any atom is 0.410 e. The number of piperidine rings is 1. The van der Waals surface area contributed by atoms with Gasteiger partial charge in [-0.15, -0.1) is 0 Å². The highest BCUT2D eigenvalue weighted by atomic mass is 35.5. The molecule has 0 spiro atoms. The Labute approximate surface area is 186 Å². The Hall–Kier alpha value is -2.80. The van der Waals surface area contributed by atoms with Crippen molar-refractivity contribution in [3.8, 4) is 0 Å². The minimum absolute atomic E-state index is 0.0588. The number of ether oxygens (including phenoxy) is 1. The molecule has 0 radical (unpaired) electrons. The molecule has 0 aliphatic carbocycles. The zero-order chi connectivity index (χ0) is 22.6. The van der Waals surface area contributed by atoms with Crippen LogP contribution in [0, 0.1) is 5.82 Å². The average molecular weight is 448 g/mol. The smallest absolute Gasteiger partial charge is 0.410 e. The third kappa shape index (κ3) is 6.59. The number of hydrogen-bond donors (Lipinski definition) is 2. The van der Waals surface area contributed by atoms with E-state index in [9.17, 15) is 14.0 Å². The van der Waals surface area contributed by atoms with Crippen LogP contribution in [0.5, 0.6) is 0 Å². The molecule has 0 atom stereocenters. The van der Waals surface area contributed by atoms with E-state index in [0.29, 0.717) is 18.8 Å². The van der Waals surface area contributed by atoms with Gasteiger partial charge in [0, 0.05) is 30.5 Å². The molecular weight excluding hydrogens is 421 g/mol. The summed E-state index contributed by atoms with van der Waals surface area (Å²) in [5, 5.41) is 6.30. The summed E-state index contributed by atoms with van der Waals surface area (Å²) < 4.78 is 18.6. The van der Waals surface area contributed by atoms with Crippen molar-refractivity contribution in [2.45, 2.75) is 45.3 Å². The summed E-state index contributed by atoms with van der Waals surface area (Å²) in [6, 6.07) is 11.2. The van der Waals surface area contributed by atoms with E-state index in [0.717, 1.165) is 24.6 Å². The van der Waals surface area contributed by atoms with Gasteiger partial charge in [0.25, 0.3) is 5.91 Å². The molecule has 166 valence electrons. The largest absolute Gasteiger partial charge is 0.444 e. The Morgan fingerprint density at radius 1 is 1.10 bits per heavy atom. The zero-order valence-electron chi connectivity index (χ0n) is 17.9. The number of nitrogens with one attached hydrogen (secondary N) is 2. The molecule has 2 aromatic rings. The lowest BCUT2D eigenvalue weighted by molar-refractivity contribution is 0.0210. The number of likely N-dealkylation sites (tertiary alicyclic amines) is 1. The van der Waals surface area contributed by atoms with Crippen molar-refractivity contribution in [1.82, 2.24) is 4.90 Å². The molecule has 3 rings (SSSR count). The second-order valence-electron chi connectivity index (χ2n) is 8.55. The Kier molecular flexibility index (Phi) is 7.05. The van der Waals surface area contributed by atoms with Gasteiger partial charge in [-0.1, -0.05) is 17.7 Å². The molecule has 2 amide bonds. The summed E-state index contributed by atoms with van der Waals surface area (Å²) >= 11 is 5.97. The highest BCUT2D eigenvalue weighted by Gasteiger charge is 2.26. The molecule has 0 unspecified atom stereocenters. The lowest BCUT2D eigenvalue weighted by atomic mass is 10.0. The third-order valence-electron chi connectivity index (χ3n) is 4.81. The average Bonchev–Trinajstić information content (AvgIpc) is 2.67. The molecule has 1 fully saturated rings. The van der Waals surface area contributed by atoms with Crippen molar-refractivity contribution >= 4 is 35.0 Å². The van der Waals surface area contributed by atoms with Crippen LogP contribution in [0.1, 0.15) is 44.0 Å². The monoisotopic (exact) mass is 447 g/mol. The van der Waals surface area contributed by atoms with Crippen LogP contribution in [-0.2, 0) is 4.74 Å². The molecule has 31 heavy (non-hydrogen) atoms. The maximum absolute atomic E-state index is 13.2. The molecule has 1 saturated heterocycles. The van der Waals surface area contributed by atoms with E-state index in [-0.39, 0.29) is 22.7 Å². The summed E-state index contributed by atoms with van der Waals surface area (Å²) in [5.41, 5.74) is 1.16. The number of halogens is 2. The summed E-state index contributed by atoms with van der Waals surface area (Å²) in [6.45, 7) is 6.80. The molecule has 2 N–H and O–H groups in total. The highest BCUT2D eigenvalue weighted by Crippen LogP contribution is 2.23. The van der Waals surface area contributed by atoms with Crippen LogP contribution in [0.4, 0.5) is 20.6 Å². The van der Waals surface area contributed by atoms with Gasteiger partial charge in [0.05, 0.1) is 10.6 Å². The summed E-state index contributed by atoms with van der Waals surface area (Å²) in [5.74, 6) is -0.904. The van der Waals surface area contributed by atoms with E-state index in [1.165, 1.54) is 12.1 Å². The lowest BCUT2D eigenvalue weighted by Crippen LogP contribution is -2.44. The molecule has 2 aromatic carbocycles. The van der Waals surface area contributed by atoms with E-state index in [4.69, 9.17) is 16.3 Å². The fraction of sp³-hybridized carbons (Fsp3) is 0.391. The fourth-order valence-corrected chi connectivity index (χ4v) is 3.58. The Balaban J connectivity index is 1.55. The van der Waals surface area contributed by atoms with Gasteiger partial charge in [-0.05, 0) is 70.0 Å². The van der Waals surface area contributed by atoms with Crippen LogP contribution in [0.25, 0.3) is 0 Å². The quantitative estimate of drug-likeness (QED) is 0.645. The number of amides is 2. The van der Waals surface area contributed by atoms with Gasteiger partial charge < -0.3 is 20.3 Å². The number of rotatable bonds is 4. The van der Waals surface area contributed by atoms with Crippen molar-refractivity contribution in [3.05, 3.63) is 58.9 Å². The van der Waals surface area contributed by atoms with E-state index in [2.05, 4.69) is 10.6 Å². The third-order valence-corrected chi connectivity index (χ3v) is 5.13. The number of benzene rings is 2. The fourth-order valence-electron chi connectivity index (χ4n) is 3.33. The molecule has 0 aromatic heterocycles. The van der Waals surface area contributed by atoms with Crippen molar-refractivity contribution in [2.24, 2.45) is 0 Å². The van der Waals surface area contributed by atoms with E-state index >= 15 is 0 Å². The second kappa shape index (κ2) is 9.56. The van der Waals surface area contributed by atoms with E-state index in [1.807, 2.05) is 39.0 Å². The molecular formula is C23H27ClFN3O3. The van der Waals surface area contributed by atoms with Gasteiger partial charge in [0.15, 0.2) is 0 Å². The van der Waals surface area contributed by atoms with Crippen LogP contribution in [0.15, 0.2) is 42.5 Å². The van der Waals surface area contributed by atoms with E-state index < -0.39 is 17.3 Å². The standard InChI is InChI=1S/C23H27ClFN3O3/c1-23(2,3)31-22(30)28-11-9-16(10-12-28)26-17-5-4-6-18(14-17)27-21(29)19-8-7-15(25)13-20(19)24/h4-8,13-14,16,26H,9-12H2,1-3H3,(H,27,29). The Bertz CT molecular complexity index is 953. The van der Waals surface area contributed by atoms with Gasteiger partial charge >= 0.3 is 6.09 Å². The molecule has 0 bridgehead atoms. The minimum Gasteiger partial charge on any atom is -0.444 e. The molecule has 1 heterocycles. The lowest BCUT2D eigenvalue weighted by Gasteiger charge is -2.34. The van der Waals surface area contributed by atoms with Crippen LogP contribution < -0.4 is 10.6 Å². The summed E-state index contributed by atoms with van der Waals surface area (Å²) in [7, 11) is 0. The Morgan fingerprint density at radius 3 is 2.42 bits per heavy atom. The molecule has 0 saturated carbocycles. The second-order valence-corrected chi connectivity index (χ2v) is 8.95. The predicted molar refractivity (Wildman–Crippen MR) is 120 cm³/mol. The maximum atomic E-state index is 13.2.